The largest absolute Gasteiger partial charge is 0.497 e. The molecule has 1 aliphatic rings. The smallest absolute Gasteiger partial charge is 0.119 e. The highest BCUT2D eigenvalue weighted by atomic mass is 16.5. The molecule has 3 heteroatoms. The standard InChI is InChI=1S/C18H20N2O/c1-20(2)16-6-4-13(5-7-16)10-15-11-14-12-17(21-3)8-9-18(14)19-15/h4-10,12,19H,11H2,1-3H3/b15-10-. The van der Waals surface area contributed by atoms with Crippen LogP contribution in [-0.4, -0.2) is 21.2 Å². The molecule has 108 valence electrons. The van der Waals surface area contributed by atoms with Crippen molar-refractivity contribution in [3.8, 4) is 5.75 Å². The van der Waals surface area contributed by atoms with Crippen LogP contribution in [0.3, 0.4) is 0 Å². The summed E-state index contributed by atoms with van der Waals surface area (Å²) in [7, 11) is 5.80. The molecule has 2 aromatic carbocycles. The molecule has 1 aliphatic heterocycles. The van der Waals surface area contributed by atoms with Crippen molar-refractivity contribution in [1.29, 1.82) is 0 Å². The summed E-state index contributed by atoms with van der Waals surface area (Å²) in [4.78, 5) is 2.10. The first-order chi connectivity index (χ1) is 10.2. The number of nitrogens with one attached hydrogen (secondary N) is 1. The summed E-state index contributed by atoms with van der Waals surface area (Å²) in [6, 6.07) is 14.7. The van der Waals surface area contributed by atoms with Crippen LogP contribution in [0, 0.1) is 0 Å². The molecule has 3 rings (SSSR count). The van der Waals surface area contributed by atoms with E-state index in [-0.39, 0.29) is 0 Å². The Morgan fingerprint density at radius 1 is 1.10 bits per heavy atom. The maximum absolute atomic E-state index is 5.28. The van der Waals surface area contributed by atoms with Crippen molar-refractivity contribution in [2.24, 2.45) is 0 Å². The molecule has 1 N–H and O–H groups in total. The lowest BCUT2D eigenvalue weighted by atomic mass is 10.1. The highest BCUT2D eigenvalue weighted by molar-refractivity contribution is 5.70. The van der Waals surface area contributed by atoms with E-state index in [9.17, 15) is 0 Å². The predicted molar refractivity (Wildman–Crippen MR) is 89.1 cm³/mol. The van der Waals surface area contributed by atoms with Gasteiger partial charge in [-0.25, -0.2) is 0 Å². The molecule has 0 aliphatic carbocycles. The Labute approximate surface area is 125 Å². The van der Waals surface area contributed by atoms with Gasteiger partial charge in [-0.15, -0.1) is 0 Å². The number of allylic oxidation sites excluding steroid dienone is 1. The van der Waals surface area contributed by atoms with Gasteiger partial charge in [0.15, 0.2) is 0 Å². The van der Waals surface area contributed by atoms with E-state index < -0.39 is 0 Å². The maximum Gasteiger partial charge on any atom is 0.119 e. The van der Waals surface area contributed by atoms with Gasteiger partial charge in [0.05, 0.1) is 7.11 Å². The fourth-order valence-corrected chi connectivity index (χ4v) is 2.54. The Bertz CT molecular complexity index is 672. The second-order valence-corrected chi connectivity index (χ2v) is 5.48. The first-order valence-corrected chi connectivity index (χ1v) is 7.07. The molecule has 0 amide bonds. The average molecular weight is 280 g/mol. The third-order valence-electron chi connectivity index (χ3n) is 3.74. The molecule has 0 bridgehead atoms. The lowest BCUT2D eigenvalue weighted by molar-refractivity contribution is 0.414. The van der Waals surface area contributed by atoms with Crippen LogP contribution in [0.1, 0.15) is 11.1 Å². The first-order valence-electron chi connectivity index (χ1n) is 7.07. The molecule has 0 saturated heterocycles. The fraction of sp³-hybridized carbons (Fsp3) is 0.222. The minimum atomic E-state index is 0.909. The van der Waals surface area contributed by atoms with E-state index in [1.807, 2.05) is 6.07 Å². The van der Waals surface area contributed by atoms with Crippen LogP contribution in [0.4, 0.5) is 11.4 Å². The van der Waals surface area contributed by atoms with Gasteiger partial charge >= 0.3 is 0 Å². The van der Waals surface area contributed by atoms with Crippen LogP contribution in [0.2, 0.25) is 0 Å². The molecule has 0 saturated carbocycles. The van der Waals surface area contributed by atoms with E-state index in [4.69, 9.17) is 4.74 Å². The van der Waals surface area contributed by atoms with Crippen molar-refractivity contribution in [3.05, 3.63) is 59.3 Å². The van der Waals surface area contributed by atoms with Crippen LogP contribution < -0.4 is 15.0 Å². The molecule has 0 fully saturated rings. The van der Waals surface area contributed by atoms with Crippen LogP contribution in [0.15, 0.2) is 48.2 Å². The Morgan fingerprint density at radius 2 is 1.86 bits per heavy atom. The number of methoxy groups -OCH3 is 1. The molecule has 0 spiro atoms. The lowest BCUT2D eigenvalue weighted by Gasteiger charge is -2.12. The van der Waals surface area contributed by atoms with Crippen LogP contribution in [0.5, 0.6) is 5.75 Å². The first kappa shape index (κ1) is 13.6. The van der Waals surface area contributed by atoms with Gasteiger partial charge in [-0.05, 0) is 47.5 Å². The van der Waals surface area contributed by atoms with E-state index in [2.05, 4.69) is 66.8 Å². The number of nitrogens with zero attached hydrogens (tertiary/aromatic N) is 1. The van der Waals surface area contributed by atoms with Crippen molar-refractivity contribution in [2.45, 2.75) is 6.42 Å². The van der Waals surface area contributed by atoms with Crippen molar-refractivity contribution >= 4 is 17.5 Å². The van der Waals surface area contributed by atoms with E-state index in [0.29, 0.717) is 0 Å². The zero-order valence-electron chi connectivity index (χ0n) is 12.7. The van der Waals surface area contributed by atoms with Gasteiger partial charge in [0.1, 0.15) is 5.75 Å². The van der Waals surface area contributed by atoms with Crippen LogP contribution in [0.25, 0.3) is 6.08 Å². The van der Waals surface area contributed by atoms with Crippen molar-refractivity contribution in [3.63, 3.8) is 0 Å². The van der Waals surface area contributed by atoms with Gasteiger partial charge in [-0.3, -0.25) is 0 Å². The molecular formula is C18H20N2O. The molecule has 0 atom stereocenters. The lowest BCUT2D eigenvalue weighted by Crippen LogP contribution is -2.07. The van der Waals surface area contributed by atoms with Crippen LogP contribution in [-0.2, 0) is 6.42 Å². The number of hydrogen-bond donors (Lipinski definition) is 1. The van der Waals surface area contributed by atoms with Gasteiger partial charge < -0.3 is 15.0 Å². The minimum absolute atomic E-state index is 0.909. The van der Waals surface area contributed by atoms with Crippen LogP contribution >= 0.6 is 0 Å². The average Bonchev–Trinajstić information content (AvgIpc) is 2.88. The normalized spacial score (nSPS) is 14.7. The summed E-state index contributed by atoms with van der Waals surface area (Å²) in [6.07, 6.45) is 3.12. The van der Waals surface area contributed by atoms with Gasteiger partial charge in [-0.2, -0.15) is 0 Å². The topological polar surface area (TPSA) is 24.5 Å². The quantitative estimate of drug-likeness (QED) is 0.926. The summed E-state index contributed by atoms with van der Waals surface area (Å²) < 4.78 is 5.28. The molecule has 21 heavy (non-hydrogen) atoms. The number of anilines is 2. The molecular weight excluding hydrogens is 260 g/mol. The third kappa shape index (κ3) is 2.87. The van der Waals surface area contributed by atoms with E-state index in [0.717, 1.165) is 12.2 Å². The second-order valence-electron chi connectivity index (χ2n) is 5.48. The summed E-state index contributed by atoms with van der Waals surface area (Å²) >= 11 is 0. The van der Waals surface area contributed by atoms with E-state index in [1.165, 1.54) is 28.2 Å². The number of rotatable bonds is 3. The molecule has 0 radical (unpaired) electrons. The summed E-state index contributed by atoms with van der Waals surface area (Å²) in [5, 5.41) is 3.47. The Morgan fingerprint density at radius 3 is 2.52 bits per heavy atom. The zero-order valence-corrected chi connectivity index (χ0v) is 12.7. The number of ether oxygens (including phenoxy) is 1. The Hall–Kier alpha value is -2.42. The Balaban J connectivity index is 1.79. The van der Waals surface area contributed by atoms with Crippen molar-refractivity contribution in [2.75, 3.05) is 31.4 Å². The summed E-state index contributed by atoms with van der Waals surface area (Å²) in [5.41, 5.74) is 6.10. The zero-order chi connectivity index (χ0) is 14.8. The summed E-state index contributed by atoms with van der Waals surface area (Å²) in [5.74, 6) is 0.909. The van der Waals surface area contributed by atoms with Gasteiger partial charge in [0.2, 0.25) is 0 Å². The third-order valence-corrected chi connectivity index (χ3v) is 3.74. The minimum Gasteiger partial charge on any atom is -0.497 e. The SMILES string of the molecule is COc1ccc2c(c1)C/C(=C/c1ccc(N(C)C)cc1)N2. The number of benzene rings is 2. The van der Waals surface area contributed by atoms with Gasteiger partial charge in [0, 0.05) is 37.6 Å². The molecule has 2 aromatic rings. The monoisotopic (exact) mass is 280 g/mol. The molecule has 0 unspecified atom stereocenters. The van der Waals surface area contributed by atoms with E-state index in [1.54, 1.807) is 7.11 Å². The molecule has 0 aromatic heterocycles. The van der Waals surface area contributed by atoms with Gasteiger partial charge in [0.25, 0.3) is 0 Å². The molecule has 1 heterocycles. The van der Waals surface area contributed by atoms with Gasteiger partial charge in [-0.1, -0.05) is 12.1 Å². The van der Waals surface area contributed by atoms with Crippen molar-refractivity contribution in [1.82, 2.24) is 0 Å². The van der Waals surface area contributed by atoms with E-state index >= 15 is 0 Å². The fourth-order valence-electron chi connectivity index (χ4n) is 2.54. The number of fused-ring (bicyclic) bond motifs is 1. The molecule has 3 nitrogen and oxygen atoms in total. The summed E-state index contributed by atoms with van der Waals surface area (Å²) in [6.45, 7) is 0. The number of hydrogen-bond acceptors (Lipinski definition) is 3. The highest BCUT2D eigenvalue weighted by Gasteiger charge is 2.15. The predicted octanol–water partition coefficient (Wildman–Crippen LogP) is 3.77. The van der Waals surface area contributed by atoms with Crippen molar-refractivity contribution < 1.29 is 4.74 Å². The Kier molecular flexibility index (Phi) is 3.57. The maximum atomic E-state index is 5.28. The second kappa shape index (κ2) is 5.52. The highest BCUT2D eigenvalue weighted by Crippen LogP contribution is 2.32.